The van der Waals surface area contributed by atoms with Crippen molar-refractivity contribution < 1.29 is 13.2 Å². The van der Waals surface area contributed by atoms with Crippen LogP contribution in [0.15, 0.2) is 35.2 Å². The summed E-state index contributed by atoms with van der Waals surface area (Å²) in [4.78, 5) is 18.0. The molecule has 0 spiro atoms. The number of pyridine rings is 1. The lowest BCUT2D eigenvalue weighted by Crippen LogP contribution is -2.30. The second kappa shape index (κ2) is 8.05. The van der Waals surface area contributed by atoms with Crippen LogP contribution >= 0.6 is 0 Å². The number of amides is 1. The zero-order valence-electron chi connectivity index (χ0n) is 18.1. The lowest BCUT2D eigenvalue weighted by molar-refractivity contribution is 0.0952. The second-order valence-electron chi connectivity index (χ2n) is 8.38. The zero-order chi connectivity index (χ0) is 22.3. The maximum atomic E-state index is 13.1. The van der Waals surface area contributed by atoms with Gasteiger partial charge in [-0.15, -0.1) is 0 Å². The fourth-order valence-electron chi connectivity index (χ4n) is 3.71. The number of carbonyl (C=O) groups is 1. The Hall–Kier alpha value is -2.78. The van der Waals surface area contributed by atoms with Crippen LogP contribution in [0.4, 0.5) is 0 Å². The van der Waals surface area contributed by atoms with Crippen LogP contribution in [0.5, 0.6) is 0 Å². The highest BCUT2D eigenvalue weighted by Gasteiger charge is 2.28. The SMILES string of the molecule is Cc1nn(C)c2nc(C3CC3)cc(C(=O)NCc3cccc(S(=O)(=O)NC(C)C)c3)c12. The third-order valence-corrected chi connectivity index (χ3v) is 6.94. The maximum Gasteiger partial charge on any atom is 0.252 e. The minimum Gasteiger partial charge on any atom is -0.348 e. The molecular weight excluding hydrogens is 414 g/mol. The Labute approximate surface area is 182 Å². The number of nitrogens with zero attached hydrogens (tertiary/aromatic N) is 3. The van der Waals surface area contributed by atoms with Crippen molar-refractivity contribution in [2.75, 3.05) is 0 Å². The van der Waals surface area contributed by atoms with E-state index in [-0.39, 0.29) is 23.4 Å². The molecule has 1 aliphatic rings. The van der Waals surface area contributed by atoms with Crippen molar-refractivity contribution in [2.24, 2.45) is 7.05 Å². The van der Waals surface area contributed by atoms with E-state index in [2.05, 4.69) is 15.1 Å². The molecule has 0 saturated heterocycles. The Bertz CT molecular complexity index is 1260. The van der Waals surface area contributed by atoms with Crippen molar-refractivity contribution in [1.82, 2.24) is 24.8 Å². The van der Waals surface area contributed by atoms with Gasteiger partial charge >= 0.3 is 0 Å². The minimum absolute atomic E-state index is 0.179. The fourth-order valence-corrected chi connectivity index (χ4v) is 5.03. The quantitative estimate of drug-likeness (QED) is 0.586. The summed E-state index contributed by atoms with van der Waals surface area (Å²) in [5, 5.41) is 8.12. The van der Waals surface area contributed by atoms with Crippen molar-refractivity contribution in [3.05, 3.63) is 52.8 Å². The molecule has 1 saturated carbocycles. The van der Waals surface area contributed by atoms with Gasteiger partial charge in [-0.25, -0.2) is 18.1 Å². The molecule has 9 heteroatoms. The summed E-state index contributed by atoms with van der Waals surface area (Å²) in [6.45, 7) is 5.63. The van der Waals surface area contributed by atoms with Crippen molar-refractivity contribution in [2.45, 2.75) is 57.0 Å². The van der Waals surface area contributed by atoms with Gasteiger partial charge in [0, 0.05) is 31.2 Å². The lowest BCUT2D eigenvalue weighted by Gasteiger charge is -2.12. The third kappa shape index (κ3) is 4.47. The molecule has 8 nitrogen and oxygen atoms in total. The molecule has 0 unspecified atom stereocenters. The molecule has 1 amide bonds. The van der Waals surface area contributed by atoms with Gasteiger partial charge in [-0.2, -0.15) is 5.10 Å². The van der Waals surface area contributed by atoms with E-state index in [1.54, 1.807) is 42.8 Å². The highest BCUT2D eigenvalue weighted by atomic mass is 32.2. The van der Waals surface area contributed by atoms with Gasteiger partial charge in [-0.1, -0.05) is 12.1 Å². The Morgan fingerprint density at radius 3 is 2.68 bits per heavy atom. The van der Waals surface area contributed by atoms with Crippen LogP contribution in [0.25, 0.3) is 11.0 Å². The van der Waals surface area contributed by atoms with E-state index >= 15 is 0 Å². The van der Waals surface area contributed by atoms with Gasteiger partial charge in [-0.05, 0) is 57.4 Å². The van der Waals surface area contributed by atoms with Crippen LogP contribution in [0.2, 0.25) is 0 Å². The predicted molar refractivity (Wildman–Crippen MR) is 118 cm³/mol. The van der Waals surface area contributed by atoms with Crippen molar-refractivity contribution >= 4 is 27.0 Å². The summed E-state index contributed by atoms with van der Waals surface area (Å²) >= 11 is 0. The first-order chi connectivity index (χ1) is 14.7. The number of nitrogens with one attached hydrogen (secondary N) is 2. The molecule has 1 aromatic carbocycles. The van der Waals surface area contributed by atoms with Crippen LogP contribution in [0.3, 0.4) is 0 Å². The smallest absolute Gasteiger partial charge is 0.252 e. The number of rotatable bonds is 7. The van der Waals surface area contributed by atoms with Crippen LogP contribution in [-0.4, -0.2) is 35.1 Å². The van der Waals surface area contributed by atoms with Gasteiger partial charge in [0.1, 0.15) is 0 Å². The summed E-state index contributed by atoms with van der Waals surface area (Å²) in [7, 11) is -1.76. The van der Waals surface area contributed by atoms with Gasteiger partial charge in [0.2, 0.25) is 10.0 Å². The lowest BCUT2D eigenvalue weighted by atomic mass is 10.1. The highest BCUT2D eigenvalue weighted by molar-refractivity contribution is 7.89. The molecule has 4 rings (SSSR count). The van der Waals surface area contributed by atoms with E-state index in [0.29, 0.717) is 22.7 Å². The van der Waals surface area contributed by atoms with Gasteiger partial charge in [-0.3, -0.25) is 9.48 Å². The molecule has 0 aliphatic heterocycles. The Kier molecular flexibility index (Phi) is 5.57. The Morgan fingerprint density at radius 1 is 1.26 bits per heavy atom. The molecule has 2 heterocycles. The topological polar surface area (TPSA) is 106 Å². The summed E-state index contributed by atoms with van der Waals surface area (Å²) < 4.78 is 29.2. The van der Waals surface area contributed by atoms with E-state index < -0.39 is 10.0 Å². The van der Waals surface area contributed by atoms with Crippen LogP contribution in [0, 0.1) is 6.92 Å². The molecule has 0 radical (unpaired) electrons. The number of sulfonamides is 1. The van der Waals surface area contributed by atoms with Gasteiger partial charge in [0.15, 0.2) is 5.65 Å². The maximum absolute atomic E-state index is 13.1. The first-order valence-electron chi connectivity index (χ1n) is 10.4. The standard InChI is InChI=1S/C22H27N5O3S/c1-13(2)26-31(29,30)17-7-5-6-15(10-17)12-23-22(28)18-11-19(16-8-9-16)24-21-20(18)14(3)25-27(21)4/h5-7,10-11,13,16,26H,8-9,12H2,1-4H3,(H,23,28). The van der Waals surface area contributed by atoms with Crippen LogP contribution < -0.4 is 10.0 Å². The molecule has 2 aromatic heterocycles. The van der Waals surface area contributed by atoms with E-state index in [9.17, 15) is 13.2 Å². The summed E-state index contributed by atoms with van der Waals surface area (Å²) in [5.74, 6) is 0.181. The molecule has 1 fully saturated rings. The molecule has 1 aliphatic carbocycles. The van der Waals surface area contributed by atoms with E-state index in [1.165, 1.54) is 0 Å². The Morgan fingerprint density at radius 2 is 2.00 bits per heavy atom. The number of aromatic nitrogens is 3. The third-order valence-electron chi connectivity index (χ3n) is 5.28. The molecule has 31 heavy (non-hydrogen) atoms. The normalized spacial score (nSPS) is 14.4. The van der Waals surface area contributed by atoms with Crippen LogP contribution in [0.1, 0.15) is 59.9 Å². The number of fused-ring (bicyclic) bond motifs is 1. The molecule has 0 atom stereocenters. The monoisotopic (exact) mass is 441 g/mol. The predicted octanol–water partition coefficient (Wildman–Crippen LogP) is 2.77. The van der Waals surface area contributed by atoms with E-state index in [0.717, 1.165) is 29.6 Å². The Balaban J connectivity index is 1.59. The molecule has 164 valence electrons. The van der Waals surface area contributed by atoms with Crippen molar-refractivity contribution in [3.63, 3.8) is 0 Å². The molecule has 0 bridgehead atoms. The molecular formula is C22H27N5O3S. The van der Waals surface area contributed by atoms with Gasteiger partial charge in [0.25, 0.3) is 5.91 Å². The zero-order valence-corrected chi connectivity index (χ0v) is 19.0. The van der Waals surface area contributed by atoms with Gasteiger partial charge < -0.3 is 5.32 Å². The van der Waals surface area contributed by atoms with Crippen molar-refractivity contribution in [1.29, 1.82) is 0 Å². The first kappa shape index (κ1) is 21.5. The summed E-state index contributed by atoms with van der Waals surface area (Å²) in [6, 6.07) is 8.27. The largest absolute Gasteiger partial charge is 0.348 e. The van der Waals surface area contributed by atoms with Gasteiger partial charge in [0.05, 0.1) is 21.5 Å². The van der Waals surface area contributed by atoms with E-state index in [4.69, 9.17) is 4.98 Å². The summed E-state index contributed by atoms with van der Waals surface area (Å²) in [5.41, 5.74) is 3.65. The number of carbonyl (C=O) groups excluding carboxylic acids is 1. The fraction of sp³-hybridized carbons (Fsp3) is 0.409. The average Bonchev–Trinajstić information content (AvgIpc) is 3.51. The molecule has 2 N–H and O–H groups in total. The molecule has 3 aromatic rings. The minimum atomic E-state index is -3.59. The number of hydrogen-bond donors (Lipinski definition) is 2. The van der Waals surface area contributed by atoms with Crippen LogP contribution in [-0.2, 0) is 23.6 Å². The van der Waals surface area contributed by atoms with E-state index in [1.807, 2.05) is 20.0 Å². The average molecular weight is 442 g/mol. The highest BCUT2D eigenvalue weighted by Crippen LogP contribution is 2.40. The van der Waals surface area contributed by atoms with Crippen molar-refractivity contribution in [3.8, 4) is 0 Å². The number of benzene rings is 1. The number of aryl methyl sites for hydroxylation is 2. The number of hydrogen-bond acceptors (Lipinski definition) is 5. The summed E-state index contributed by atoms with van der Waals surface area (Å²) in [6.07, 6.45) is 2.17. The first-order valence-corrected chi connectivity index (χ1v) is 11.9. The second-order valence-corrected chi connectivity index (χ2v) is 10.1.